The van der Waals surface area contributed by atoms with Crippen LogP contribution in [0.2, 0.25) is 0 Å². The molecule has 2 fully saturated rings. The maximum absolute atomic E-state index is 10.4. The summed E-state index contributed by atoms with van der Waals surface area (Å²) < 4.78 is 22.3. The zero-order valence-electron chi connectivity index (χ0n) is 16.2. The molecule has 0 amide bonds. The van der Waals surface area contributed by atoms with Crippen LogP contribution >= 0.6 is 0 Å². The number of hydrogen-bond acceptors (Lipinski definition) is 10. The van der Waals surface area contributed by atoms with Crippen molar-refractivity contribution in [3.8, 4) is 0 Å². The van der Waals surface area contributed by atoms with E-state index in [9.17, 15) is 30.6 Å². The maximum Gasteiger partial charge on any atom is 0.161 e. The van der Waals surface area contributed by atoms with Crippen molar-refractivity contribution in [2.75, 3.05) is 19.8 Å². The molecule has 0 aromatic heterocycles. The Labute approximate surface area is 164 Å². The summed E-state index contributed by atoms with van der Waals surface area (Å²) in [5.74, 6) is 0. The summed E-state index contributed by atoms with van der Waals surface area (Å²) in [6.45, 7) is 1.32. The fourth-order valence-corrected chi connectivity index (χ4v) is 3.48. The molecule has 0 saturated carbocycles. The van der Waals surface area contributed by atoms with Crippen LogP contribution in [0.1, 0.15) is 39.0 Å². The smallest absolute Gasteiger partial charge is 0.161 e. The molecule has 10 heteroatoms. The van der Waals surface area contributed by atoms with Gasteiger partial charge in [0.15, 0.2) is 12.6 Å². The Bertz CT molecular complexity index is 439. The fraction of sp³-hybridized carbons (Fsp3) is 1.00. The van der Waals surface area contributed by atoms with Crippen LogP contribution < -0.4 is 0 Å². The molecule has 0 unspecified atom stereocenters. The van der Waals surface area contributed by atoms with Gasteiger partial charge in [0, 0.05) is 12.8 Å². The monoisotopic (exact) mass is 410 g/mol. The average Bonchev–Trinajstić information content (AvgIpc) is 2.66. The van der Waals surface area contributed by atoms with Gasteiger partial charge in [0.25, 0.3) is 0 Å². The van der Waals surface area contributed by atoms with E-state index >= 15 is 0 Å². The van der Waals surface area contributed by atoms with E-state index in [-0.39, 0.29) is 19.4 Å². The van der Waals surface area contributed by atoms with Crippen LogP contribution in [0.3, 0.4) is 0 Å². The second-order valence-electron chi connectivity index (χ2n) is 7.37. The Hall–Kier alpha value is -0.400. The predicted octanol–water partition coefficient (Wildman–Crippen LogP) is -1.76. The topological polar surface area (TPSA) is 158 Å². The number of aliphatic hydroxyl groups excluding tert-OH is 6. The molecule has 10 nitrogen and oxygen atoms in total. The molecular weight excluding hydrogens is 376 g/mol. The zero-order chi connectivity index (χ0) is 20.7. The lowest BCUT2D eigenvalue weighted by atomic mass is 9.99. The molecule has 2 saturated heterocycles. The Morgan fingerprint density at radius 2 is 1.57 bits per heavy atom. The highest BCUT2D eigenvalue weighted by Crippen LogP contribution is 2.28. The number of hydrogen-bond donors (Lipinski definition) is 6. The third-order valence-corrected chi connectivity index (χ3v) is 5.09. The quantitative estimate of drug-likeness (QED) is 0.244. The van der Waals surface area contributed by atoms with Crippen molar-refractivity contribution in [3.05, 3.63) is 0 Å². The average molecular weight is 410 g/mol. The van der Waals surface area contributed by atoms with Gasteiger partial charge in [-0.2, -0.15) is 0 Å². The van der Waals surface area contributed by atoms with Crippen molar-refractivity contribution < 1.29 is 49.6 Å². The van der Waals surface area contributed by atoms with E-state index in [2.05, 4.69) is 0 Å². The van der Waals surface area contributed by atoms with Crippen molar-refractivity contribution in [3.63, 3.8) is 0 Å². The van der Waals surface area contributed by atoms with Crippen LogP contribution in [0, 0.1) is 0 Å². The van der Waals surface area contributed by atoms with Gasteiger partial charge in [-0.25, -0.2) is 0 Å². The Morgan fingerprint density at radius 3 is 2.21 bits per heavy atom. The summed E-state index contributed by atoms with van der Waals surface area (Å²) in [5.41, 5.74) is 0. The molecule has 0 radical (unpaired) electrons. The van der Waals surface area contributed by atoms with E-state index in [1.165, 1.54) is 0 Å². The first-order valence-corrected chi connectivity index (χ1v) is 9.91. The number of ether oxygens (including phenoxy) is 4. The SMILES string of the molecule is CCC[C@@H](O)CCO[C@H]1C[C@@H](O)[C@H](O[C@H]2C[C@@H](O)[C@@H](O)[C@@H](CO)O2)[C@@H](CO)O1. The summed E-state index contributed by atoms with van der Waals surface area (Å²) in [6.07, 6.45) is -6.31. The molecule has 0 spiro atoms. The summed E-state index contributed by atoms with van der Waals surface area (Å²) in [6, 6.07) is 0. The highest BCUT2D eigenvalue weighted by molar-refractivity contribution is 4.87. The van der Waals surface area contributed by atoms with Crippen LogP contribution in [0.15, 0.2) is 0 Å². The van der Waals surface area contributed by atoms with E-state index in [0.717, 1.165) is 6.42 Å². The van der Waals surface area contributed by atoms with Gasteiger partial charge in [-0.05, 0) is 12.8 Å². The molecule has 166 valence electrons. The largest absolute Gasteiger partial charge is 0.394 e. The molecule has 2 heterocycles. The summed E-state index contributed by atoms with van der Waals surface area (Å²) in [7, 11) is 0. The molecule has 0 aliphatic carbocycles. The summed E-state index contributed by atoms with van der Waals surface area (Å²) >= 11 is 0. The van der Waals surface area contributed by atoms with Crippen molar-refractivity contribution in [1.29, 1.82) is 0 Å². The fourth-order valence-electron chi connectivity index (χ4n) is 3.48. The Morgan fingerprint density at radius 1 is 0.929 bits per heavy atom. The van der Waals surface area contributed by atoms with Crippen LogP contribution in [0.25, 0.3) is 0 Å². The Kier molecular flexibility index (Phi) is 9.98. The molecule has 2 aliphatic rings. The standard InChI is InChI=1S/C18H34O10/c1-2-3-10(21)4-5-25-15-7-12(23)18(14(9-20)27-15)28-16-6-11(22)17(24)13(8-19)26-16/h10-24H,2-9H2,1H3/t10-,11-,12-,13-,14-,15-,16+,17-,18+/m1/s1. The van der Waals surface area contributed by atoms with Crippen molar-refractivity contribution in [2.45, 2.75) is 94.3 Å². The third-order valence-electron chi connectivity index (χ3n) is 5.09. The van der Waals surface area contributed by atoms with Gasteiger partial charge in [-0.3, -0.25) is 0 Å². The molecule has 9 atom stereocenters. The van der Waals surface area contributed by atoms with Crippen molar-refractivity contribution in [1.82, 2.24) is 0 Å². The molecule has 2 rings (SSSR count). The van der Waals surface area contributed by atoms with E-state index in [1.807, 2.05) is 6.92 Å². The van der Waals surface area contributed by atoms with Gasteiger partial charge in [0.2, 0.25) is 0 Å². The molecule has 0 bridgehead atoms. The second kappa shape index (κ2) is 11.7. The summed E-state index contributed by atoms with van der Waals surface area (Å²) in [4.78, 5) is 0. The Balaban J connectivity index is 1.85. The predicted molar refractivity (Wildman–Crippen MR) is 95.1 cm³/mol. The summed E-state index contributed by atoms with van der Waals surface area (Å²) in [5, 5.41) is 58.7. The van der Waals surface area contributed by atoms with Gasteiger partial charge in [-0.1, -0.05) is 13.3 Å². The van der Waals surface area contributed by atoms with Crippen molar-refractivity contribution in [2.24, 2.45) is 0 Å². The molecule has 28 heavy (non-hydrogen) atoms. The zero-order valence-corrected chi connectivity index (χ0v) is 16.2. The first-order chi connectivity index (χ1) is 13.4. The normalized spacial score (nSPS) is 40.4. The highest BCUT2D eigenvalue weighted by Gasteiger charge is 2.43. The highest BCUT2D eigenvalue weighted by atomic mass is 16.7. The molecular formula is C18H34O10. The maximum atomic E-state index is 10.4. The lowest BCUT2D eigenvalue weighted by Crippen LogP contribution is -2.56. The van der Waals surface area contributed by atoms with Gasteiger partial charge < -0.3 is 49.6 Å². The second-order valence-corrected chi connectivity index (χ2v) is 7.37. The van der Waals surface area contributed by atoms with Gasteiger partial charge in [0.1, 0.15) is 24.4 Å². The van der Waals surface area contributed by atoms with Crippen LogP contribution in [-0.2, 0) is 18.9 Å². The van der Waals surface area contributed by atoms with Crippen LogP contribution in [0.4, 0.5) is 0 Å². The molecule has 6 N–H and O–H groups in total. The van der Waals surface area contributed by atoms with Crippen LogP contribution in [0.5, 0.6) is 0 Å². The lowest BCUT2D eigenvalue weighted by molar-refractivity contribution is -0.320. The van der Waals surface area contributed by atoms with Gasteiger partial charge in [0.05, 0.1) is 38.1 Å². The minimum Gasteiger partial charge on any atom is -0.394 e. The van der Waals surface area contributed by atoms with E-state index < -0.39 is 68.5 Å². The first kappa shape index (κ1) is 23.9. The lowest BCUT2D eigenvalue weighted by Gasteiger charge is -2.42. The minimum atomic E-state index is -1.23. The minimum absolute atomic E-state index is 0.0473. The first-order valence-electron chi connectivity index (χ1n) is 9.91. The van der Waals surface area contributed by atoms with Crippen LogP contribution in [-0.4, -0.2) is 106 Å². The molecule has 2 aliphatic heterocycles. The number of rotatable bonds is 10. The number of aliphatic hydroxyl groups is 6. The van der Waals surface area contributed by atoms with Gasteiger partial charge in [-0.15, -0.1) is 0 Å². The van der Waals surface area contributed by atoms with Gasteiger partial charge >= 0.3 is 0 Å². The van der Waals surface area contributed by atoms with E-state index in [1.54, 1.807) is 0 Å². The molecule has 0 aromatic carbocycles. The van der Waals surface area contributed by atoms with Crippen molar-refractivity contribution >= 4 is 0 Å². The third kappa shape index (κ3) is 6.56. The molecule has 0 aromatic rings. The van der Waals surface area contributed by atoms with E-state index in [0.29, 0.717) is 12.8 Å². The van der Waals surface area contributed by atoms with E-state index in [4.69, 9.17) is 18.9 Å².